The van der Waals surface area contributed by atoms with E-state index in [0.717, 1.165) is 0 Å². The van der Waals surface area contributed by atoms with Gasteiger partial charge in [-0.2, -0.15) is 4.98 Å². The molecule has 0 saturated heterocycles. The largest absolute Gasteiger partial charge is 0.459 e. The van der Waals surface area contributed by atoms with Gasteiger partial charge in [-0.05, 0) is 19.8 Å². The Morgan fingerprint density at radius 2 is 2.40 bits per heavy atom. The number of hydrogen-bond acceptors (Lipinski definition) is 5. The minimum atomic E-state index is -0.661. The Kier molecular flexibility index (Phi) is 2.42. The highest BCUT2D eigenvalue weighted by Gasteiger charge is 2.49. The van der Waals surface area contributed by atoms with Crippen molar-refractivity contribution in [2.75, 3.05) is 13.3 Å². The SMILES string of the molecule is CCOC(=O)c1nc(C2(CF)CC2)no1. The van der Waals surface area contributed by atoms with Crippen molar-refractivity contribution in [2.45, 2.75) is 25.2 Å². The Hall–Kier alpha value is -1.46. The van der Waals surface area contributed by atoms with Gasteiger partial charge in [-0.25, -0.2) is 9.18 Å². The predicted octanol–water partition coefficient (Wildman–Crippen LogP) is 1.25. The number of aromatic nitrogens is 2. The third-order valence-corrected chi connectivity index (χ3v) is 2.46. The molecule has 0 atom stereocenters. The van der Waals surface area contributed by atoms with Crippen LogP contribution in [0.2, 0.25) is 0 Å². The summed E-state index contributed by atoms with van der Waals surface area (Å²) in [5.41, 5.74) is -0.603. The molecule has 1 aromatic heterocycles. The lowest BCUT2D eigenvalue weighted by atomic mass is 10.1. The number of halogens is 1. The minimum absolute atomic E-state index is 0.202. The van der Waals surface area contributed by atoms with Crippen molar-refractivity contribution in [1.82, 2.24) is 10.1 Å². The summed E-state index contributed by atoms with van der Waals surface area (Å²) in [5.74, 6) is -0.592. The summed E-state index contributed by atoms with van der Waals surface area (Å²) in [5, 5.41) is 3.60. The van der Waals surface area contributed by atoms with Crippen molar-refractivity contribution < 1.29 is 18.4 Å². The van der Waals surface area contributed by atoms with Crippen LogP contribution in [0.5, 0.6) is 0 Å². The molecule has 0 aliphatic heterocycles. The molecular weight excluding hydrogens is 203 g/mol. The van der Waals surface area contributed by atoms with Crippen molar-refractivity contribution in [3.05, 3.63) is 11.7 Å². The quantitative estimate of drug-likeness (QED) is 0.705. The molecule has 1 aliphatic carbocycles. The van der Waals surface area contributed by atoms with Crippen LogP contribution in [0, 0.1) is 0 Å². The molecule has 0 aromatic carbocycles. The summed E-state index contributed by atoms with van der Waals surface area (Å²) in [6.45, 7) is 1.40. The average molecular weight is 214 g/mol. The number of hydrogen-bond donors (Lipinski definition) is 0. The van der Waals surface area contributed by atoms with Crippen LogP contribution >= 0.6 is 0 Å². The summed E-state index contributed by atoms with van der Waals surface area (Å²) >= 11 is 0. The zero-order chi connectivity index (χ0) is 10.9. The van der Waals surface area contributed by atoms with Gasteiger partial charge in [0.05, 0.1) is 12.0 Å². The molecule has 0 unspecified atom stereocenters. The molecule has 2 rings (SSSR count). The summed E-state index contributed by atoms with van der Waals surface area (Å²) < 4.78 is 22.0. The van der Waals surface area contributed by atoms with Gasteiger partial charge in [-0.3, -0.25) is 0 Å². The highest BCUT2D eigenvalue weighted by atomic mass is 19.1. The minimum Gasteiger partial charge on any atom is -0.459 e. The highest BCUT2D eigenvalue weighted by Crippen LogP contribution is 2.46. The molecule has 1 heterocycles. The van der Waals surface area contributed by atoms with Crippen LogP contribution in [0.3, 0.4) is 0 Å². The molecule has 0 N–H and O–H groups in total. The van der Waals surface area contributed by atoms with Crippen LogP contribution < -0.4 is 0 Å². The Bertz CT molecular complexity index is 373. The number of ether oxygens (including phenoxy) is 1. The van der Waals surface area contributed by atoms with Crippen molar-refractivity contribution in [2.24, 2.45) is 0 Å². The van der Waals surface area contributed by atoms with Gasteiger partial charge in [-0.1, -0.05) is 5.16 Å². The predicted molar refractivity (Wildman–Crippen MR) is 47.1 cm³/mol. The Balaban J connectivity index is 2.14. The summed E-state index contributed by atoms with van der Waals surface area (Å²) in [4.78, 5) is 15.0. The Labute approximate surface area is 85.6 Å². The summed E-state index contributed by atoms with van der Waals surface area (Å²) in [6.07, 6.45) is 1.40. The molecule has 0 radical (unpaired) electrons. The zero-order valence-electron chi connectivity index (χ0n) is 8.33. The average Bonchev–Trinajstić information content (AvgIpc) is 2.88. The van der Waals surface area contributed by atoms with Crippen LogP contribution in [0.15, 0.2) is 4.52 Å². The maximum Gasteiger partial charge on any atom is 0.397 e. The maximum atomic E-state index is 12.6. The van der Waals surface area contributed by atoms with E-state index in [0.29, 0.717) is 12.8 Å². The third kappa shape index (κ3) is 1.71. The topological polar surface area (TPSA) is 65.2 Å². The van der Waals surface area contributed by atoms with E-state index in [4.69, 9.17) is 4.52 Å². The first-order chi connectivity index (χ1) is 7.22. The molecule has 6 heteroatoms. The maximum absolute atomic E-state index is 12.6. The summed E-state index contributed by atoms with van der Waals surface area (Å²) in [6, 6.07) is 0. The molecular formula is C9H11FN2O3. The van der Waals surface area contributed by atoms with E-state index in [1.165, 1.54) is 0 Å². The smallest absolute Gasteiger partial charge is 0.397 e. The molecule has 1 saturated carbocycles. The molecule has 1 aliphatic rings. The van der Waals surface area contributed by atoms with Gasteiger partial charge in [-0.15, -0.1) is 0 Å². The molecule has 82 valence electrons. The highest BCUT2D eigenvalue weighted by molar-refractivity contribution is 5.84. The molecule has 0 bridgehead atoms. The van der Waals surface area contributed by atoms with Gasteiger partial charge >= 0.3 is 11.9 Å². The first-order valence-electron chi connectivity index (χ1n) is 4.79. The van der Waals surface area contributed by atoms with Crippen LogP contribution in [0.1, 0.15) is 36.3 Å². The van der Waals surface area contributed by atoms with Crippen molar-refractivity contribution in [1.29, 1.82) is 0 Å². The number of carbonyl (C=O) groups is 1. The van der Waals surface area contributed by atoms with Gasteiger partial charge in [0.2, 0.25) is 0 Å². The Morgan fingerprint density at radius 1 is 1.67 bits per heavy atom. The fraction of sp³-hybridized carbons (Fsp3) is 0.667. The second-order valence-corrected chi connectivity index (χ2v) is 3.56. The summed E-state index contributed by atoms with van der Waals surface area (Å²) in [7, 11) is 0. The lowest BCUT2D eigenvalue weighted by molar-refractivity contribution is 0.0470. The van der Waals surface area contributed by atoms with Crippen LogP contribution in [0.4, 0.5) is 4.39 Å². The third-order valence-electron chi connectivity index (χ3n) is 2.46. The lowest BCUT2D eigenvalue weighted by Gasteiger charge is -2.01. The fourth-order valence-corrected chi connectivity index (χ4v) is 1.28. The molecule has 15 heavy (non-hydrogen) atoms. The van der Waals surface area contributed by atoms with E-state index in [1.807, 2.05) is 0 Å². The van der Waals surface area contributed by atoms with Crippen LogP contribution in [-0.2, 0) is 10.2 Å². The van der Waals surface area contributed by atoms with E-state index in [1.54, 1.807) is 6.92 Å². The van der Waals surface area contributed by atoms with Gasteiger partial charge in [0.1, 0.15) is 6.67 Å². The van der Waals surface area contributed by atoms with Crippen LogP contribution in [-0.4, -0.2) is 29.4 Å². The standard InChI is InChI=1S/C9H11FN2O3/c1-2-14-7(13)6-11-8(12-15-6)9(5-10)3-4-9/h2-5H2,1H3. The second kappa shape index (κ2) is 3.60. The van der Waals surface area contributed by atoms with E-state index in [9.17, 15) is 9.18 Å². The fourth-order valence-electron chi connectivity index (χ4n) is 1.28. The van der Waals surface area contributed by atoms with Gasteiger partial charge in [0, 0.05) is 0 Å². The van der Waals surface area contributed by atoms with Crippen molar-refractivity contribution in [3.63, 3.8) is 0 Å². The Morgan fingerprint density at radius 3 is 2.93 bits per heavy atom. The normalized spacial score (nSPS) is 17.5. The number of nitrogens with zero attached hydrogens (tertiary/aromatic N) is 2. The molecule has 1 aromatic rings. The van der Waals surface area contributed by atoms with E-state index >= 15 is 0 Å². The second-order valence-electron chi connectivity index (χ2n) is 3.56. The number of carbonyl (C=O) groups excluding carboxylic acids is 1. The number of alkyl halides is 1. The molecule has 0 amide bonds. The lowest BCUT2D eigenvalue weighted by Crippen LogP contribution is -2.12. The molecule has 5 nitrogen and oxygen atoms in total. The van der Waals surface area contributed by atoms with Crippen molar-refractivity contribution >= 4 is 5.97 Å². The van der Waals surface area contributed by atoms with E-state index in [2.05, 4.69) is 14.9 Å². The van der Waals surface area contributed by atoms with Gasteiger partial charge < -0.3 is 9.26 Å². The number of rotatable bonds is 4. The molecule has 1 fully saturated rings. The van der Waals surface area contributed by atoms with Crippen molar-refractivity contribution in [3.8, 4) is 0 Å². The van der Waals surface area contributed by atoms with E-state index < -0.39 is 18.1 Å². The molecule has 0 spiro atoms. The first-order valence-corrected chi connectivity index (χ1v) is 4.79. The van der Waals surface area contributed by atoms with Crippen LogP contribution in [0.25, 0.3) is 0 Å². The monoisotopic (exact) mass is 214 g/mol. The van der Waals surface area contributed by atoms with Gasteiger partial charge in [0.15, 0.2) is 5.82 Å². The van der Waals surface area contributed by atoms with E-state index in [-0.39, 0.29) is 18.3 Å². The first kappa shape index (κ1) is 10.1. The number of esters is 1. The zero-order valence-corrected chi connectivity index (χ0v) is 8.33. The van der Waals surface area contributed by atoms with Gasteiger partial charge in [0.25, 0.3) is 0 Å².